The van der Waals surface area contributed by atoms with E-state index in [1.54, 1.807) is 6.07 Å². The molecule has 0 spiro atoms. The van der Waals surface area contributed by atoms with Crippen molar-refractivity contribution in [1.29, 1.82) is 5.26 Å². The zero-order chi connectivity index (χ0) is 14.7. The maximum atomic E-state index is 13.0. The maximum absolute atomic E-state index is 13.0. The standard InChI is InChI=1S/C13H6ClFN2O3/c14-9-1-3-11(17(18)19)13(6-9)20-12-4-2-10(15)5-8(12)7-16/h1-6H. The second-order valence-electron chi connectivity index (χ2n) is 3.72. The zero-order valence-corrected chi connectivity index (χ0v) is 10.6. The Labute approximate surface area is 117 Å². The molecule has 2 aromatic rings. The lowest BCUT2D eigenvalue weighted by Crippen LogP contribution is -1.95. The molecule has 2 aromatic carbocycles. The topological polar surface area (TPSA) is 76.2 Å². The molecule has 0 aliphatic rings. The molecule has 20 heavy (non-hydrogen) atoms. The Morgan fingerprint density at radius 2 is 2.00 bits per heavy atom. The van der Waals surface area contributed by atoms with Crippen molar-refractivity contribution >= 4 is 17.3 Å². The molecule has 0 saturated heterocycles. The van der Waals surface area contributed by atoms with E-state index in [2.05, 4.69) is 0 Å². The van der Waals surface area contributed by atoms with Gasteiger partial charge in [0, 0.05) is 17.2 Å². The van der Waals surface area contributed by atoms with Crippen molar-refractivity contribution in [2.24, 2.45) is 0 Å². The SMILES string of the molecule is N#Cc1cc(F)ccc1Oc1cc(Cl)ccc1[N+](=O)[O-]. The van der Waals surface area contributed by atoms with Crippen LogP contribution < -0.4 is 4.74 Å². The van der Waals surface area contributed by atoms with Gasteiger partial charge in [-0.2, -0.15) is 5.26 Å². The predicted octanol–water partition coefficient (Wildman–Crippen LogP) is 4.05. The number of nitrogens with zero attached hydrogens (tertiary/aromatic N) is 2. The van der Waals surface area contributed by atoms with Crippen molar-refractivity contribution in [1.82, 2.24) is 0 Å². The van der Waals surface area contributed by atoms with Crippen molar-refractivity contribution in [2.75, 3.05) is 0 Å². The van der Waals surface area contributed by atoms with Gasteiger partial charge in [-0.25, -0.2) is 4.39 Å². The van der Waals surface area contributed by atoms with Gasteiger partial charge in [0.2, 0.25) is 5.75 Å². The minimum absolute atomic E-state index is 0.0132. The van der Waals surface area contributed by atoms with E-state index in [4.69, 9.17) is 21.6 Å². The molecule has 0 unspecified atom stereocenters. The van der Waals surface area contributed by atoms with Gasteiger partial charge in [-0.05, 0) is 24.3 Å². The largest absolute Gasteiger partial charge is 0.449 e. The molecule has 0 bridgehead atoms. The second-order valence-corrected chi connectivity index (χ2v) is 4.16. The van der Waals surface area contributed by atoms with Gasteiger partial charge in [0.05, 0.1) is 10.5 Å². The number of nitro benzene ring substituents is 1. The van der Waals surface area contributed by atoms with Gasteiger partial charge < -0.3 is 4.74 Å². The average Bonchev–Trinajstić information content (AvgIpc) is 2.40. The number of benzene rings is 2. The highest BCUT2D eigenvalue weighted by Crippen LogP contribution is 2.35. The van der Waals surface area contributed by atoms with E-state index in [0.717, 1.165) is 12.1 Å². The first-order chi connectivity index (χ1) is 9.51. The predicted molar refractivity (Wildman–Crippen MR) is 69.3 cm³/mol. The molecule has 2 rings (SSSR count). The molecule has 0 radical (unpaired) electrons. The van der Waals surface area contributed by atoms with Gasteiger partial charge in [0.1, 0.15) is 17.6 Å². The molecular weight excluding hydrogens is 287 g/mol. The van der Waals surface area contributed by atoms with Crippen LogP contribution in [0.2, 0.25) is 5.02 Å². The van der Waals surface area contributed by atoms with Crippen molar-refractivity contribution in [3.8, 4) is 17.6 Å². The summed E-state index contributed by atoms with van der Waals surface area (Å²) in [5.74, 6) is -0.709. The summed E-state index contributed by atoms with van der Waals surface area (Å²) in [6.07, 6.45) is 0. The molecule has 0 aliphatic carbocycles. The van der Waals surface area contributed by atoms with Crippen LogP contribution >= 0.6 is 11.6 Å². The van der Waals surface area contributed by atoms with Crippen LogP contribution in [-0.2, 0) is 0 Å². The van der Waals surface area contributed by atoms with Crippen LogP contribution in [0.3, 0.4) is 0 Å². The number of hydrogen-bond donors (Lipinski definition) is 0. The molecule has 0 aliphatic heterocycles. The van der Waals surface area contributed by atoms with Crippen molar-refractivity contribution < 1.29 is 14.1 Å². The summed E-state index contributed by atoms with van der Waals surface area (Å²) in [4.78, 5) is 10.3. The fourth-order valence-corrected chi connectivity index (χ4v) is 1.68. The molecule has 5 nitrogen and oxygen atoms in total. The highest BCUT2D eigenvalue weighted by Gasteiger charge is 2.17. The molecule has 100 valence electrons. The van der Waals surface area contributed by atoms with Gasteiger partial charge in [-0.15, -0.1) is 0 Å². The van der Waals surface area contributed by atoms with E-state index >= 15 is 0 Å². The third kappa shape index (κ3) is 2.84. The van der Waals surface area contributed by atoms with Gasteiger partial charge in [-0.3, -0.25) is 10.1 Å². The van der Waals surface area contributed by atoms with E-state index < -0.39 is 10.7 Å². The number of rotatable bonds is 3. The van der Waals surface area contributed by atoms with Crippen LogP contribution in [0.1, 0.15) is 5.56 Å². The lowest BCUT2D eigenvalue weighted by atomic mass is 10.2. The van der Waals surface area contributed by atoms with Crippen molar-refractivity contribution in [3.63, 3.8) is 0 Å². The van der Waals surface area contributed by atoms with Crippen LogP contribution in [-0.4, -0.2) is 4.92 Å². The fraction of sp³-hybridized carbons (Fsp3) is 0. The highest BCUT2D eigenvalue weighted by atomic mass is 35.5. The summed E-state index contributed by atoms with van der Waals surface area (Å²) in [6, 6.07) is 8.83. The van der Waals surface area contributed by atoms with Gasteiger partial charge in [0.25, 0.3) is 0 Å². The third-order valence-electron chi connectivity index (χ3n) is 2.40. The van der Waals surface area contributed by atoms with Crippen LogP contribution in [0.15, 0.2) is 36.4 Å². The van der Waals surface area contributed by atoms with Crippen molar-refractivity contribution in [2.45, 2.75) is 0 Å². The monoisotopic (exact) mass is 292 g/mol. The molecule has 0 fully saturated rings. The molecule has 0 heterocycles. The number of nitriles is 1. The van der Waals surface area contributed by atoms with Gasteiger partial charge in [0.15, 0.2) is 0 Å². The van der Waals surface area contributed by atoms with Crippen molar-refractivity contribution in [3.05, 3.63) is 62.9 Å². The minimum Gasteiger partial charge on any atom is -0.449 e. The molecule has 0 saturated carbocycles. The number of hydrogen-bond acceptors (Lipinski definition) is 4. The van der Waals surface area contributed by atoms with Gasteiger partial charge >= 0.3 is 5.69 Å². The van der Waals surface area contributed by atoms with Crippen LogP contribution in [0, 0.1) is 27.3 Å². The van der Waals surface area contributed by atoms with E-state index in [9.17, 15) is 14.5 Å². The molecule has 0 N–H and O–H groups in total. The summed E-state index contributed by atoms with van der Waals surface area (Å²) in [5, 5.41) is 20.0. The van der Waals surface area contributed by atoms with E-state index in [1.165, 1.54) is 24.3 Å². The second kappa shape index (κ2) is 5.55. The zero-order valence-electron chi connectivity index (χ0n) is 9.84. The third-order valence-corrected chi connectivity index (χ3v) is 2.64. The minimum atomic E-state index is -0.638. The highest BCUT2D eigenvalue weighted by molar-refractivity contribution is 6.30. The Hall–Kier alpha value is -2.65. The van der Waals surface area contributed by atoms with E-state index in [0.29, 0.717) is 0 Å². The quantitative estimate of drug-likeness (QED) is 0.631. The average molecular weight is 293 g/mol. The molecule has 0 atom stereocenters. The van der Waals surface area contributed by atoms with E-state index in [1.807, 2.05) is 0 Å². The Morgan fingerprint density at radius 1 is 1.25 bits per heavy atom. The van der Waals surface area contributed by atoms with Crippen LogP contribution in [0.5, 0.6) is 11.5 Å². The Balaban J connectivity index is 2.47. The summed E-state index contributed by atoms with van der Waals surface area (Å²) >= 11 is 5.76. The Bertz CT molecular complexity index is 728. The number of halogens is 2. The number of nitro groups is 1. The molecule has 7 heteroatoms. The summed E-state index contributed by atoms with van der Waals surface area (Å²) in [5.41, 5.74) is -0.373. The van der Waals surface area contributed by atoms with Crippen LogP contribution in [0.25, 0.3) is 0 Å². The first-order valence-corrected chi connectivity index (χ1v) is 5.70. The fourth-order valence-electron chi connectivity index (χ4n) is 1.52. The summed E-state index contributed by atoms with van der Waals surface area (Å²) in [7, 11) is 0. The smallest absolute Gasteiger partial charge is 0.311 e. The molecular formula is C13H6ClFN2O3. The lowest BCUT2D eigenvalue weighted by molar-refractivity contribution is -0.385. The lowest BCUT2D eigenvalue weighted by Gasteiger charge is -2.08. The van der Waals surface area contributed by atoms with E-state index in [-0.39, 0.29) is 27.8 Å². The summed E-state index contributed by atoms with van der Waals surface area (Å²) < 4.78 is 18.3. The number of ether oxygens (including phenoxy) is 1. The summed E-state index contributed by atoms with van der Waals surface area (Å²) in [6.45, 7) is 0. The first-order valence-electron chi connectivity index (χ1n) is 5.32. The normalized spacial score (nSPS) is 9.85. The van der Waals surface area contributed by atoms with Gasteiger partial charge in [-0.1, -0.05) is 11.6 Å². The molecule has 0 aromatic heterocycles. The maximum Gasteiger partial charge on any atom is 0.311 e. The Kier molecular flexibility index (Phi) is 3.82. The Morgan fingerprint density at radius 3 is 2.65 bits per heavy atom. The first kappa shape index (κ1) is 13.8. The molecule has 0 amide bonds. The van der Waals surface area contributed by atoms with Crippen LogP contribution in [0.4, 0.5) is 10.1 Å².